The van der Waals surface area contributed by atoms with Crippen LogP contribution in [0.25, 0.3) is 0 Å². The second-order valence-electron chi connectivity index (χ2n) is 11.5. The summed E-state index contributed by atoms with van der Waals surface area (Å²) in [6, 6.07) is 18.0. The molecule has 13 heteroatoms. The number of amides is 4. The molecule has 46 heavy (non-hydrogen) atoms. The lowest BCUT2D eigenvalue weighted by atomic mass is 9.73. The van der Waals surface area contributed by atoms with E-state index in [4.69, 9.17) is 15.2 Å². The van der Waals surface area contributed by atoms with E-state index < -0.39 is 59.6 Å². The highest BCUT2D eigenvalue weighted by Crippen LogP contribution is 2.52. The van der Waals surface area contributed by atoms with Crippen molar-refractivity contribution in [2.75, 3.05) is 6.54 Å². The number of carboxylic acid groups (broad SMARTS) is 1. The van der Waals surface area contributed by atoms with Crippen molar-refractivity contribution in [3.8, 4) is 0 Å². The van der Waals surface area contributed by atoms with Crippen LogP contribution in [0, 0.1) is 5.92 Å². The third kappa shape index (κ3) is 5.29. The molecule has 5 atom stereocenters. The number of carboxylic acids is 1. The number of ether oxygens (including phenoxy) is 2. The molecule has 3 aromatic rings. The van der Waals surface area contributed by atoms with Gasteiger partial charge in [-0.15, -0.1) is 0 Å². The molecule has 0 radical (unpaired) electrons. The van der Waals surface area contributed by atoms with Crippen LogP contribution < -0.4 is 11.1 Å². The normalized spacial score (nSPS) is 21.8. The smallest absolute Gasteiger partial charge is 0.408 e. The van der Waals surface area contributed by atoms with Gasteiger partial charge in [0.25, 0.3) is 11.8 Å². The molecule has 0 spiro atoms. The lowest BCUT2D eigenvalue weighted by molar-refractivity contribution is -0.161. The number of alkyl carbamates (subject to hydrolysis) is 1. The Labute approximate surface area is 263 Å². The highest BCUT2D eigenvalue weighted by Gasteiger charge is 2.66. The van der Waals surface area contributed by atoms with Crippen LogP contribution in [0.1, 0.15) is 36.1 Å². The van der Waals surface area contributed by atoms with Gasteiger partial charge in [0, 0.05) is 36.0 Å². The molecule has 2 fully saturated rings. The predicted molar refractivity (Wildman–Crippen MR) is 160 cm³/mol. The van der Waals surface area contributed by atoms with Crippen molar-refractivity contribution in [3.05, 3.63) is 113 Å². The third-order valence-corrected chi connectivity index (χ3v) is 8.81. The number of hydrogen-bond acceptors (Lipinski definition) is 8. The molecular formula is C33H31N5O8. The minimum absolute atomic E-state index is 0.0116. The van der Waals surface area contributed by atoms with Crippen LogP contribution in [0.3, 0.4) is 0 Å². The van der Waals surface area contributed by atoms with E-state index >= 15 is 0 Å². The molecular weight excluding hydrogens is 594 g/mol. The van der Waals surface area contributed by atoms with Crippen molar-refractivity contribution in [2.45, 2.75) is 43.7 Å². The molecule has 0 bridgehead atoms. The minimum Gasteiger partial charge on any atom is -0.477 e. The van der Waals surface area contributed by atoms with Gasteiger partial charge in [0.05, 0.1) is 6.04 Å². The van der Waals surface area contributed by atoms with Crippen LogP contribution in [0.5, 0.6) is 0 Å². The van der Waals surface area contributed by atoms with Crippen LogP contribution in [0.4, 0.5) is 9.59 Å². The molecule has 2 saturated heterocycles. The summed E-state index contributed by atoms with van der Waals surface area (Å²) in [5.74, 6) is -2.92. The number of β-lactam (4-membered cyclic amide) rings is 1. The Morgan fingerprint density at radius 1 is 1.04 bits per heavy atom. The van der Waals surface area contributed by atoms with E-state index in [1.165, 1.54) is 29.1 Å². The zero-order valence-corrected chi connectivity index (χ0v) is 24.7. The van der Waals surface area contributed by atoms with Gasteiger partial charge in [-0.1, -0.05) is 60.7 Å². The number of nitrogens with one attached hydrogen (secondary N) is 1. The first-order chi connectivity index (χ1) is 22.1. The number of carbonyl (C=O) groups excluding carboxylic acids is 4. The Morgan fingerprint density at radius 2 is 1.70 bits per heavy atom. The number of hydrogen-bond donors (Lipinski definition) is 3. The Morgan fingerprint density at radius 3 is 2.33 bits per heavy atom. The van der Waals surface area contributed by atoms with Crippen LogP contribution >= 0.6 is 0 Å². The molecule has 6 rings (SSSR count). The summed E-state index contributed by atoms with van der Waals surface area (Å²) in [5, 5.41) is 13.0. The van der Waals surface area contributed by atoms with E-state index in [9.17, 15) is 29.1 Å². The molecule has 1 unspecified atom stereocenters. The number of aromatic nitrogens is 1. The Kier molecular flexibility index (Phi) is 7.90. The summed E-state index contributed by atoms with van der Waals surface area (Å²) < 4.78 is 11.0. The number of pyridine rings is 1. The molecule has 4 N–H and O–H groups in total. The second-order valence-corrected chi connectivity index (χ2v) is 11.5. The van der Waals surface area contributed by atoms with E-state index in [1.807, 2.05) is 18.2 Å². The zero-order valence-electron chi connectivity index (χ0n) is 24.7. The summed E-state index contributed by atoms with van der Waals surface area (Å²) in [4.78, 5) is 72.2. The monoisotopic (exact) mass is 625 g/mol. The SMILES string of the molecule is CC(OC(N)=O)(C1=C(C(=O)O)N2C(=O)[C@@H]3[C@H]2[C@H](C1)CN3C(=O)[C@H](NC(=O)OCc1ccccc1)c1ccccc1)c1ccncc1. The maximum absolute atomic E-state index is 14.2. The van der Waals surface area contributed by atoms with E-state index in [0.29, 0.717) is 11.1 Å². The number of likely N-dealkylation sites (tertiary alicyclic amines) is 1. The van der Waals surface area contributed by atoms with Crippen molar-refractivity contribution < 1.29 is 38.6 Å². The van der Waals surface area contributed by atoms with Crippen LogP contribution in [0.2, 0.25) is 0 Å². The molecule has 4 heterocycles. The number of benzene rings is 2. The van der Waals surface area contributed by atoms with Crippen LogP contribution in [-0.2, 0) is 36.1 Å². The standard InChI is InChI=1S/C33H31N5O8/c1-33(46-31(34)43,22-12-14-35-15-13-22)23-16-21-17-37(27-25(21)38(29(27)40)26(23)30(41)42)28(39)24(20-10-6-3-7-11-20)36-32(44)45-18-19-8-4-2-5-9-19/h2-15,21,24-25,27H,16-18H2,1H3,(H2,34,43)(H,36,44)(H,41,42)/t21-,24-,25-,27+,33?/m1/s1. The van der Waals surface area contributed by atoms with Gasteiger partial charge in [-0.3, -0.25) is 19.5 Å². The number of nitrogens with zero attached hydrogens (tertiary/aromatic N) is 3. The predicted octanol–water partition coefficient (Wildman–Crippen LogP) is 2.84. The summed E-state index contributed by atoms with van der Waals surface area (Å²) in [6.07, 6.45) is 1.06. The molecule has 3 aliphatic heterocycles. The highest BCUT2D eigenvalue weighted by molar-refractivity contribution is 6.03. The van der Waals surface area contributed by atoms with Crippen molar-refractivity contribution >= 4 is 30.0 Å². The maximum Gasteiger partial charge on any atom is 0.408 e. The number of rotatable bonds is 9. The summed E-state index contributed by atoms with van der Waals surface area (Å²) in [7, 11) is 0. The highest BCUT2D eigenvalue weighted by atomic mass is 16.6. The van der Waals surface area contributed by atoms with Gasteiger partial charge in [0.15, 0.2) is 5.60 Å². The molecule has 0 saturated carbocycles. The summed E-state index contributed by atoms with van der Waals surface area (Å²) in [5.41, 5.74) is 5.29. The molecule has 0 aliphatic carbocycles. The third-order valence-electron chi connectivity index (χ3n) is 8.81. The molecule has 2 aromatic carbocycles. The van der Waals surface area contributed by atoms with E-state index in [2.05, 4.69) is 10.3 Å². The average Bonchev–Trinajstić information content (AvgIpc) is 3.43. The molecule has 13 nitrogen and oxygen atoms in total. The van der Waals surface area contributed by atoms with Crippen molar-refractivity contribution in [3.63, 3.8) is 0 Å². The van der Waals surface area contributed by atoms with Crippen molar-refractivity contribution in [1.82, 2.24) is 20.1 Å². The van der Waals surface area contributed by atoms with Gasteiger partial charge in [-0.25, -0.2) is 14.4 Å². The molecule has 3 aliphatic rings. The lowest BCUT2D eigenvalue weighted by Crippen LogP contribution is -2.70. The minimum atomic E-state index is -1.65. The van der Waals surface area contributed by atoms with Crippen molar-refractivity contribution in [1.29, 1.82) is 0 Å². The summed E-state index contributed by atoms with van der Waals surface area (Å²) >= 11 is 0. The fraction of sp³-hybridized carbons (Fsp3) is 0.273. The van der Waals surface area contributed by atoms with Gasteiger partial charge in [0.1, 0.15) is 24.4 Å². The lowest BCUT2D eigenvalue weighted by Gasteiger charge is -2.51. The summed E-state index contributed by atoms with van der Waals surface area (Å²) in [6.45, 7) is 1.59. The second kappa shape index (κ2) is 12.0. The first-order valence-electron chi connectivity index (χ1n) is 14.6. The van der Waals surface area contributed by atoms with Gasteiger partial charge >= 0.3 is 18.2 Å². The van der Waals surface area contributed by atoms with E-state index in [1.54, 1.807) is 54.6 Å². The molecule has 1 aromatic heterocycles. The number of nitrogens with two attached hydrogens (primary N) is 1. The Hall–Kier alpha value is -5.72. The number of primary amides is 1. The fourth-order valence-corrected chi connectivity index (χ4v) is 6.73. The van der Waals surface area contributed by atoms with Crippen LogP contribution in [-0.4, -0.2) is 68.5 Å². The zero-order chi connectivity index (χ0) is 32.6. The molecule has 4 amide bonds. The van der Waals surface area contributed by atoms with Crippen LogP contribution in [0.15, 0.2) is 96.5 Å². The van der Waals surface area contributed by atoms with Gasteiger partial charge < -0.3 is 30.5 Å². The Balaban J connectivity index is 1.29. The van der Waals surface area contributed by atoms with E-state index in [0.717, 1.165) is 5.56 Å². The topological polar surface area (TPSA) is 181 Å². The first-order valence-corrected chi connectivity index (χ1v) is 14.6. The Bertz CT molecular complexity index is 1720. The number of aliphatic carboxylic acids is 1. The maximum atomic E-state index is 14.2. The number of carbonyl (C=O) groups is 5. The van der Waals surface area contributed by atoms with E-state index in [-0.39, 0.29) is 30.8 Å². The first kappa shape index (κ1) is 30.3. The van der Waals surface area contributed by atoms with Crippen molar-refractivity contribution in [2.24, 2.45) is 11.7 Å². The fourth-order valence-electron chi connectivity index (χ4n) is 6.73. The van der Waals surface area contributed by atoms with Gasteiger partial charge in [-0.05, 0) is 36.6 Å². The van der Waals surface area contributed by atoms with Gasteiger partial charge in [-0.2, -0.15) is 0 Å². The van der Waals surface area contributed by atoms with Gasteiger partial charge in [0.2, 0.25) is 0 Å². The average molecular weight is 626 g/mol. The quantitative estimate of drug-likeness (QED) is 0.301. The largest absolute Gasteiger partial charge is 0.477 e. The molecule has 236 valence electrons.